The Hall–Kier alpha value is -2.57. The van der Waals surface area contributed by atoms with E-state index < -0.39 is 5.97 Å². The van der Waals surface area contributed by atoms with Crippen LogP contribution in [-0.2, 0) is 4.79 Å². The monoisotopic (exact) mass is 389 g/mol. The third-order valence-corrected chi connectivity index (χ3v) is 5.19. The molecule has 1 aromatic heterocycles. The molecule has 0 radical (unpaired) electrons. The molecule has 0 atom stereocenters. The average molecular weight is 390 g/mol. The van der Waals surface area contributed by atoms with Gasteiger partial charge in [-0.1, -0.05) is 23.7 Å². The number of phenolic OH excluding ortho intramolecular Hbond substituents is 1. The zero-order valence-electron chi connectivity index (χ0n) is 13.9. The number of hydrogen-bond donors (Lipinski definition) is 2. The topological polar surface area (TPSA) is 79.7 Å². The van der Waals surface area contributed by atoms with Crippen molar-refractivity contribution < 1.29 is 19.7 Å². The minimum atomic E-state index is -0.877. The molecule has 0 aliphatic rings. The molecule has 0 saturated carbocycles. The lowest BCUT2D eigenvalue weighted by Crippen LogP contribution is -1.95. The standard InChI is InChI=1S/C19H16ClNO4S/c1-25-15-10-11(9-13(20)18(15)24)8-12(6-7-17(22)23)19-21-14-4-2-3-5-16(14)26-19/h2-5,8-10,24H,6-7H2,1H3,(H,22,23). The maximum Gasteiger partial charge on any atom is 0.303 e. The molecule has 0 amide bonds. The van der Waals surface area contributed by atoms with Gasteiger partial charge in [-0.25, -0.2) is 4.98 Å². The Kier molecular flexibility index (Phi) is 5.44. The van der Waals surface area contributed by atoms with Crippen LogP contribution < -0.4 is 4.74 Å². The average Bonchev–Trinajstić information content (AvgIpc) is 3.05. The molecule has 3 aromatic rings. The van der Waals surface area contributed by atoms with Gasteiger partial charge < -0.3 is 14.9 Å². The lowest BCUT2D eigenvalue weighted by atomic mass is 10.1. The Labute approximate surface area is 159 Å². The van der Waals surface area contributed by atoms with Gasteiger partial charge >= 0.3 is 5.97 Å². The van der Waals surface area contributed by atoms with E-state index in [1.54, 1.807) is 12.1 Å². The number of allylic oxidation sites excluding steroid dienone is 1. The molecule has 0 saturated heterocycles. The van der Waals surface area contributed by atoms with Crippen molar-refractivity contribution in [3.63, 3.8) is 0 Å². The van der Waals surface area contributed by atoms with Gasteiger partial charge in [0.25, 0.3) is 0 Å². The number of aromatic hydroxyl groups is 1. The summed E-state index contributed by atoms with van der Waals surface area (Å²) < 4.78 is 6.16. The number of hydrogen-bond acceptors (Lipinski definition) is 5. The van der Waals surface area contributed by atoms with Crippen molar-refractivity contribution in [3.8, 4) is 11.5 Å². The number of carboxylic acids is 1. The van der Waals surface area contributed by atoms with Crippen molar-refractivity contribution >= 4 is 50.8 Å². The first-order chi connectivity index (χ1) is 12.5. The van der Waals surface area contributed by atoms with Crippen LogP contribution in [0.5, 0.6) is 11.5 Å². The number of aromatic nitrogens is 1. The molecule has 1 heterocycles. The van der Waals surface area contributed by atoms with Crippen LogP contribution in [0.25, 0.3) is 21.9 Å². The molecule has 0 spiro atoms. The maximum atomic E-state index is 11.0. The highest BCUT2D eigenvalue weighted by molar-refractivity contribution is 7.19. The summed E-state index contributed by atoms with van der Waals surface area (Å²) in [6.45, 7) is 0. The van der Waals surface area contributed by atoms with E-state index in [0.717, 1.165) is 20.8 Å². The number of para-hydroxylation sites is 1. The molecule has 134 valence electrons. The highest BCUT2D eigenvalue weighted by atomic mass is 35.5. The van der Waals surface area contributed by atoms with Gasteiger partial charge in [0.05, 0.1) is 22.3 Å². The van der Waals surface area contributed by atoms with Crippen molar-refractivity contribution in [3.05, 3.63) is 52.0 Å². The van der Waals surface area contributed by atoms with Crippen LogP contribution in [0.2, 0.25) is 5.02 Å². The first kappa shape index (κ1) is 18.2. The minimum Gasteiger partial charge on any atom is -0.503 e. The first-order valence-electron chi connectivity index (χ1n) is 7.82. The molecule has 2 aromatic carbocycles. The largest absolute Gasteiger partial charge is 0.503 e. The molecule has 5 nitrogen and oxygen atoms in total. The van der Waals surface area contributed by atoms with Crippen LogP contribution in [0.3, 0.4) is 0 Å². The van der Waals surface area contributed by atoms with E-state index in [4.69, 9.17) is 21.4 Å². The number of rotatable bonds is 6. The molecule has 7 heteroatoms. The number of benzene rings is 2. The second-order valence-corrected chi connectivity index (χ2v) is 7.04. The third-order valence-electron chi connectivity index (χ3n) is 3.79. The number of nitrogens with zero attached hydrogens (tertiary/aromatic N) is 1. The second-order valence-electron chi connectivity index (χ2n) is 5.60. The Morgan fingerprint density at radius 1 is 1.31 bits per heavy atom. The molecular weight excluding hydrogens is 374 g/mol. The van der Waals surface area contributed by atoms with E-state index in [0.29, 0.717) is 12.0 Å². The Balaban J connectivity index is 2.07. The minimum absolute atomic E-state index is 0.00922. The summed E-state index contributed by atoms with van der Waals surface area (Å²) in [5.74, 6) is -0.748. The molecule has 26 heavy (non-hydrogen) atoms. The number of aliphatic carboxylic acids is 1. The van der Waals surface area contributed by atoms with Gasteiger partial charge in [0.2, 0.25) is 0 Å². The first-order valence-corrected chi connectivity index (χ1v) is 9.02. The normalized spacial score (nSPS) is 11.7. The zero-order chi connectivity index (χ0) is 18.7. The van der Waals surface area contributed by atoms with Crippen LogP contribution >= 0.6 is 22.9 Å². The predicted octanol–water partition coefficient (Wildman–Crippen LogP) is 5.07. The molecule has 0 unspecified atom stereocenters. The van der Waals surface area contributed by atoms with E-state index in [9.17, 15) is 9.90 Å². The summed E-state index contributed by atoms with van der Waals surface area (Å²) in [4.78, 5) is 15.7. The molecule has 2 N–H and O–H groups in total. The maximum absolute atomic E-state index is 11.0. The number of fused-ring (bicyclic) bond motifs is 1. The second kappa shape index (κ2) is 7.76. The highest BCUT2D eigenvalue weighted by Crippen LogP contribution is 2.37. The molecule has 0 aliphatic carbocycles. The van der Waals surface area contributed by atoms with Crippen LogP contribution in [0.1, 0.15) is 23.4 Å². The van der Waals surface area contributed by atoms with Crippen LogP contribution in [0.4, 0.5) is 0 Å². The number of halogens is 1. The van der Waals surface area contributed by atoms with Gasteiger partial charge in [0, 0.05) is 6.42 Å². The van der Waals surface area contributed by atoms with Crippen molar-refractivity contribution in [1.29, 1.82) is 0 Å². The molecule has 0 aliphatic heterocycles. The Morgan fingerprint density at radius 2 is 2.08 bits per heavy atom. The van der Waals surface area contributed by atoms with Gasteiger partial charge in [-0.15, -0.1) is 11.3 Å². The van der Waals surface area contributed by atoms with Gasteiger partial charge in [0.15, 0.2) is 11.5 Å². The van der Waals surface area contributed by atoms with Crippen LogP contribution in [0, 0.1) is 0 Å². The van der Waals surface area contributed by atoms with E-state index in [-0.39, 0.29) is 22.9 Å². The van der Waals surface area contributed by atoms with Crippen molar-refractivity contribution in [1.82, 2.24) is 4.98 Å². The lowest BCUT2D eigenvalue weighted by molar-refractivity contribution is -0.136. The summed E-state index contributed by atoms with van der Waals surface area (Å²) in [7, 11) is 1.44. The van der Waals surface area contributed by atoms with E-state index in [1.807, 2.05) is 30.3 Å². The van der Waals surface area contributed by atoms with E-state index in [1.165, 1.54) is 18.4 Å². The molecule has 3 rings (SSSR count). The van der Waals surface area contributed by atoms with Gasteiger partial charge in [-0.05, 0) is 47.9 Å². The SMILES string of the molecule is COc1cc(C=C(CCC(=O)O)c2nc3ccccc3s2)cc(Cl)c1O. The van der Waals surface area contributed by atoms with Gasteiger partial charge in [-0.2, -0.15) is 0 Å². The number of carbonyl (C=O) groups is 1. The molecular formula is C19H16ClNO4S. The number of carboxylic acid groups (broad SMARTS) is 1. The fourth-order valence-electron chi connectivity index (χ4n) is 2.53. The predicted molar refractivity (Wildman–Crippen MR) is 104 cm³/mol. The number of methoxy groups -OCH3 is 1. The fourth-order valence-corrected chi connectivity index (χ4v) is 3.75. The van der Waals surface area contributed by atoms with Crippen molar-refractivity contribution in [2.75, 3.05) is 7.11 Å². The zero-order valence-corrected chi connectivity index (χ0v) is 15.5. The summed E-state index contributed by atoms with van der Waals surface area (Å²) in [5, 5.41) is 19.9. The van der Waals surface area contributed by atoms with Gasteiger partial charge in [-0.3, -0.25) is 4.79 Å². The smallest absolute Gasteiger partial charge is 0.303 e. The van der Waals surface area contributed by atoms with E-state index >= 15 is 0 Å². The summed E-state index contributed by atoms with van der Waals surface area (Å²) in [5.41, 5.74) is 2.36. The molecule has 0 bridgehead atoms. The van der Waals surface area contributed by atoms with Crippen molar-refractivity contribution in [2.24, 2.45) is 0 Å². The number of thiazole rings is 1. The number of phenols is 1. The lowest BCUT2D eigenvalue weighted by Gasteiger charge is -2.08. The van der Waals surface area contributed by atoms with Crippen LogP contribution in [0.15, 0.2) is 36.4 Å². The number of ether oxygens (including phenoxy) is 1. The van der Waals surface area contributed by atoms with Crippen molar-refractivity contribution in [2.45, 2.75) is 12.8 Å². The molecule has 0 fully saturated rings. The quantitative estimate of drug-likeness (QED) is 0.615. The summed E-state index contributed by atoms with van der Waals surface area (Å²) >= 11 is 7.56. The third kappa shape index (κ3) is 3.98. The highest BCUT2D eigenvalue weighted by Gasteiger charge is 2.13. The van der Waals surface area contributed by atoms with E-state index in [2.05, 4.69) is 4.98 Å². The summed E-state index contributed by atoms with van der Waals surface area (Å²) in [6, 6.07) is 11.0. The van der Waals surface area contributed by atoms with Gasteiger partial charge in [0.1, 0.15) is 5.01 Å². The Bertz CT molecular complexity index is 963. The fraction of sp³-hybridized carbons (Fsp3) is 0.158. The summed E-state index contributed by atoms with van der Waals surface area (Å²) in [6.07, 6.45) is 2.15. The van der Waals surface area contributed by atoms with Crippen LogP contribution in [-0.4, -0.2) is 28.3 Å². The Morgan fingerprint density at radius 3 is 2.77 bits per heavy atom.